The summed E-state index contributed by atoms with van der Waals surface area (Å²) in [7, 11) is 0. The first-order valence-corrected chi connectivity index (χ1v) is 8.62. The van der Waals surface area contributed by atoms with Gasteiger partial charge in [-0.1, -0.05) is 12.1 Å². The van der Waals surface area contributed by atoms with Crippen LogP contribution in [0, 0.1) is 3.57 Å². The Labute approximate surface area is 151 Å². The van der Waals surface area contributed by atoms with Gasteiger partial charge in [-0.3, -0.25) is 0 Å². The summed E-state index contributed by atoms with van der Waals surface area (Å²) in [6.07, 6.45) is 1.76. The molecule has 0 aliphatic rings. The molecule has 0 saturated carbocycles. The predicted molar refractivity (Wildman–Crippen MR) is 101 cm³/mol. The van der Waals surface area contributed by atoms with Crippen LogP contribution in [-0.2, 0) is 0 Å². The lowest BCUT2D eigenvalue weighted by atomic mass is 10.1. The highest BCUT2D eigenvalue weighted by atomic mass is 127. The van der Waals surface area contributed by atoms with E-state index >= 15 is 0 Å². The van der Waals surface area contributed by atoms with Crippen molar-refractivity contribution in [1.82, 2.24) is 9.97 Å². The van der Waals surface area contributed by atoms with Crippen LogP contribution in [0.1, 0.15) is 41.5 Å². The zero-order valence-electron chi connectivity index (χ0n) is 14.5. The van der Waals surface area contributed by atoms with Crippen molar-refractivity contribution in [3.63, 3.8) is 0 Å². The topological polar surface area (TPSA) is 44.2 Å². The highest BCUT2D eigenvalue weighted by Gasteiger charge is 2.21. The van der Waals surface area contributed by atoms with Crippen LogP contribution in [0.2, 0.25) is 0 Å². The van der Waals surface area contributed by atoms with Gasteiger partial charge in [-0.25, -0.2) is 4.98 Å². The Morgan fingerprint density at radius 1 is 0.957 bits per heavy atom. The predicted octanol–water partition coefficient (Wildman–Crippen LogP) is 5.10. The zero-order valence-corrected chi connectivity index (χ0v) is 16.6. The smallest absolute Gasteiger partial charge is 0.320 e. The average Bonchev–Trinajstić information content (AvgIpc) is 2.35. The van der Waals surface area contributed by atoms with Crippen molar-refractivity contribution in [2.24, 2.45) is 0 Å². The molecular weight excluding hydrogens is 403 g/mol. The molecule has 124 valence electrons. The second kappa shape index (κ2) is 6.63. The third-order valence-corrected chi connectivity index (χ3v) is 3.34. The van der Waals surface area contributed by atoms with Crippen LogP contribution in [0.3, 0.4) is 0 Å². The highest BCUT2D eigenvalue weighted by Crippen LogP contribution is 2.32. The monoisotopic (exact) mass is 426 g/mol. The molecule has 0 aliphatic carbocycles. The molecule has 1 heterocycles. The molecule has 0 aliphatic heterocycles. The molecule has 23 heavy (non-hydrogen) atoms. The van der Waals surface area contributed by atoms with E-state index in [2.05, 4.69) is 38.6 Å². The van der Waals surface area contributed by atoms with Gasteiger partial charge in [0.1, 0.15) is 11.2 Å². The van der Waals surface area contributed by atoms with E-state index in [0.717, 1.165) is 14.7 Å². The van der Waals surface area contributed by atoms with E-state index in [0.29, 0.717) is 11.9 Å². The first kappa shape index (κ1) is 18.0. The quantitative estimate of drug-likeness (QED) is 0.641. The maximum absolute atomic E-state index is 6.05. The van der Waals surface area contributed by atoms with Gasteiger partial charge in [0.2, 0.25) is 5.88 Å². The highest BCUT2D eigenvalue weighted by molar-refractivity contribution is 14.1. The van der Waals surface area contributed by atoms with Crippen LogP contribution in [0.5, 0.6) is 11.9 Å². The van der Waals surface area contributed by atoms with Crippen molar-refractivity contribution in [3.05, 3.63) is 34.0 Å². The van der Waals surface area contributed by atoms with Crippen LogP contribution in [0.25, 0.3) is 11.1 Å². The Balaban J connectivity index is 2.48. The lowest BCUT2D eigenvalue weighted by molar-refractivity contribution is 0.103. The minimum Gasteiger partial charge on any atom is -0.471 e. The fraction of sp³-hybridized carbons (Fsp3) is 0.444. The van der Waals surface area contributed by atoms with Gasteiger partial charge < -0.3 is 9.47 Å². The molecule has 2 aromatic rings. The number of nitrogens with zero attached hydrogens (tertiary/aromatic N) is 2. The number of aromatic nitrogens is 2. The largest absolute Gasteiger partial charge is 0.471 e. The maximum Gasteiger partial charge on any atom is 0.320 e. The lowest BCUT2D eigenvalue weighted by Crippen LogP contribution is -2.26. The van der Waals surface area contributed by atoms with E-state index in [1.165, 1.54) is 0 Å². The Morgan fingerprint density at radius 3 is 2.17 bits per heavy atom. The molecule has 0 atom stereocenters. The van der Waals surface area contributed by atoms with Gasteiger partial charge in [0.15, 0.2) is 0 Å². The summed E-state index contributed by atoms with van der Waals surface area (Å²) in [4.78, 5) is 8.84. The van der Waals surface area contributed by atoms with Crippen molar-refractivity contribution >= 4 is 22.6 Å². The SMILES string of the molecule is CC(C)(C)Oc1ncc(-c2cccc(I)c2)c(OC(C)(C)C)n1. The summed E-state index contributed by atoms with van der Waals surface area (Å²) in [5.74, 6) is 0.536. The van der Waals surface area contributed by atoms with Gasteiger partial charge in [-0.05, 0) is 81.8 Å². The van der Waals surface area contributed by atoms with Crippen molar-refractivity contribution in [2.45, 2.75) is 52.7 Å². The van der Waals surface area contributed by atoms with Crippen LogP contribution in [-0.4, -0.2) is 21.2 Å². The molecule has 4 nitrogen and oxygen atoms in total. The minimum absolute atomic E-state index is 0.325. The Bertz CT molecular complexity index is 688. The molecule has 0 spiro atoms. The molecule has 0 amide bonds. The third-order valence-electron chi connectivity index (χ3n) is 2.67. The molecule has 0 N–H and O–H groups in total. The van der Waals surface area contributed by atoms with E-state index in [9.17, 15) is 0 Å². The normalized spacial score (nSPS) is 12.1. The molecule has 1 aromatic carbocycles. The summed E-state index contributed by atoms with van der Waals surface area (Å²) in [6.45, 7) is 11.9. The van der Waals surface area contributed by atoms with E-state index in [-0.39, 0.29) is 11.2 Å². The summed E-state index contributed by atoms with van der Waals surface area (Å²) < 4.78 is 13.0. The number of rotatable bonds is 3. The van der Waals surface area contributed by atoms with Gasteiger partial charge in [-0.2, -0.15) is 4.98 Å². The summed E-state index contributed by atoms with van der Waals surface area (Å²) >= 11 is 2.29. The van der Waals surface area contributed by atoms with E-state index in [1.54, 1.807) is 6.20 Å². The van der Waals surface area contributed by atoms with E-state index in [4.69, 9.17) is 9.47 Å². The third kappa shape index (κ3) is 5.64. The van der Waals surface area contributed by atoms with Crippen molar-refractivity contribution in [2.75, 3.05) is 0 Å². The minimum atomic E-state index is -0.358. The second-order valence-electron chi connectivity index (χ2n) is 7.31. The van der Waals surface area contributed by atoms with E-state index in [1.807, 2.05) is 59.7 Å². The number of hydrogen-bond donors (Lipinski definition) is 0. The van der Waals surface area contributed by atoms with Crippen LogP contribution in [0.4, 0.5) is 0 Å². The molecule has 0 saturated heterocycles. The van der Waals surface area contributed by atoms with Crippen molar-refractivity contribution in [3.8, 4) is 23.0 Å². The van der Waals surface area contributed by atoms with Crippen molar-refractivity contribution < 1.29 is 9.47 Å². The number of ether oxygens (including phenoxy) is 2. The first-order valence-electron chi connectivity index (χ1n) is 7.54. The lowest BCUT2D eigenvalue weighted by Gasteiger charge is -2.24. The molecule has 0 bridgehead atoms. The molecule has 0 unspecified atom stereocenters. The molecule has 0 radical (unpaired) electrons. The van der Waals surface area contributed by atoms with Crippen LogP contribution >= 0.6 is 22.6 Å². The summed E-state index contributed by atoms with van der Waals surface area (Å²) in [6, 6.07) is 8.50. The Morgan fingerprint density at radius 2 is 1.61 bits per heavy atom. The summed E-state index contributed by atoms with van der Waals surface area (Å²) in [5, 5.41) is 0. The molecule has 2 rings (SSSR count). The van der Waals surface area contributed by atoms with E-state index < -0.39 is 0 Å². The zero-order chi connectivity index (χ0) is 17.3. The van der Waals surface area contributed by atoms with Gasteiger partial charge >= 0.3 is 6.01 Å². The number of benzene rings is 1. The number of halogens is 1. The first-order chi connectivity index (χ1) is 10.5. The van der Waals surface area contributed by atoms with Crippen LogP contribution in [0.15, 0.2) is 30.5 Å². The fourth-order valence-corrected chi connectivity index (χ4v) is 2.44. The van der Waals surface area contributed by atoms with Gasteiger partial charge in [0.05, 0.1) is 5.56 Å². The molecule has 1 aromatic heterocycles. The van der Waals surface area contributed by atoms with Gasteiger partial charge in [-0.15, -0.1) is 0 Å². The van der Waals surface area contributed by atoms with Gasteiger partial charge in [0, 0.05) is 9.77 Å². The maximum atomic E-state index is 6.05. The Kier molecular flexibility index (Phi) is 5.18. The van der Waals surface area contributed by atoms with Gasteiger partial charge in [0.25, 0.3) is 0 Å². The Hall–Kier alpha value is -1.37. The van der Waals surface area contributed by atoms with Crippen LogP contribution < -0.4 is 9.47 Å². The molecular formula is C18H23IN2O2. The fourth-order valence-electron chi connectivity index (χ4n) is 1.90. The number of hydrogen-bond acceptors (Lipinski definition) is 4. The summed E-state index contributed by atoms with van der Waals surface area (Å²) in [5.41, 5.74) is 1.17. The average molecular weight is 426 g/mol. The van der Waals surface area contributed by atoms with Crippen molar-refractivity contribution in [1.29, 1.82) is 0 Å². The molecule has 5 heteroatoms. The molecule has 0 fully saturated rings. The second-order valence-corrected chi connectivity index (χ2v) is 8.56. The standard InChI is InChI=1S/C18H23IN2O2/c1-17(2,3)22-15-14(12-8-7-9-13(19)10-12)11-20-16(21-15)23-18(4,5)6/h7-11H,1-6H3.